The van der Waals surface area contributed by atoms with E-state index in [0.717, 1.165) is 11.0 Å². The molecule has 2 aromatic rings. The van der Waals surface area contributed by atoms with E-state index in [2.05, 4.69) is 15.3 Å². The fourth-order valence-electron chi connectivity index (χ4n) is 3.20. The Morgan fingerprint density at radius 3 is 2.68 bits per heavy atom. The highest BCUT2D eigenvalue weighted by Gasteiger charge is 2.42. The second-order valence-corrected chi connectivity index (χ2v) is 7.35. The number of likely N-dealkylation sites (tertiary alicyclic amines) is 1. The maximum atomic E-state index is 12.6. The van der Waals surface area contributed by atoms with Crippen molar-refractivity contribution in [1.29, 1.82) is 0 Å². The third kappa shape index (κ3) is 3.31. The van der Waals surface area contributed by atoms with Crippen molar-refractivity contribution >= 4 is 23.0 Å². The summed E-state index contributed by atoms with van der Waals surface area (Å²) < 4.78 is 0. The van der Waals surface area contributed by atoms with Crippen molar-refractivity contribution in [2.24, 2.45) is 11.3 Å². The number of imidazole rings is 1. The molecule has 2 atom stereocenters. The molecule has 2 heterocycles. The number of carboxylic acid groups (broad SMARTS) is 1. The Bertz CT molecular complexity index is 767. The van der Waals surface area contributed by atoms with Crippen molar-refractivity contribution in [3.63, 3.8) is 0 Å². The van der Waals surface area contributed by atoms with E-state index in [1.807, 2.05) is 38.1 Å². The van der Waals surface area contributed by atoms with Crippen molar-refractivity contribution < 1.29 is 14.7 Å². The maximum absolute atomic E-state index is 12.6. The van der Waals surface area contributed by atoms with Gasteiger partial charge in [-0.05, 0) is 31.4 Å². The molecule has 0 aliphatic carbocycles. The standard InChI is InChI=1S/C18H24N4O3/c1-11(2)14(15-19-12-6-4-5-7-13(12)20-15)21-17(25)22-9-8-18(3,10-22)16(23)24/h4-7,11,14H,8-10H2,1-3H3,(H,19,20)(H,21,25)(H,23,24). The van der Waals surface area contributed by atoms with Crippen LogP contribution in [0.1, 0.15) is 39.1 Å². The van der Waals surface area contributed by atoms with Crippen LogP contribution >= 0.6 is 0 Å². The Kier molecular flexibility index (Phi) is 4.41. The number of carboxylic acids is 1. The summed E-state index contributed by atoms with van der Waals surface area (Å²) in [4.78, 5) is 33.4. The lowest BCUT2D eigenvalue weighted by atomic mass is 9.90. The minimum atomic E-state index is -0.871. The molecule has 25 heavy (non-hydrogen) atoms. The average Bonchev–Trinajstić information content (AvgIpc) is 3.16. The Balaban J connectivity index is 1.76. The zero-order valence-corrected chi connectivity index (χ0v) is 14.7. The number of aromatic nitrogens is 2. The number of benzene rings is 1. The van der Waals surface area contributed by atoms with Crippen molar-refractivity contribution in [3.05, 3.63) is 30.1 Å². The van der Waals surface area contributed by atoms with Gasteiger partial charge in [-0.3, -0.25) is 4.79 Å². The van der Waals surface area contributed by atoms with E-state index < -0.39 is 11.4 Å². The number of para-hydroxylation sites is 2. The van der Waals surface area contributed by atoms with Gasteiger partial charge < -0.3 is 20.3 Å². The van der Waals surface area contributed by atoms with Crippen molar-refractivity contribution in [3.8, 4) is 0 Å². The summed E-state index contributed by atoms with van der Waals surface area (Å²) >= 11 is 0. The number of H-pyrrole nitrogens is 1. The summed E-state index contributed by atoms with van der Waals surface area (Å²) in [5.41, 5.74) is 0.915. The van der Waals surface area contributed by atoms with Crippen LogP contribution in [0, 0.1) is 11.3 Å². The minimum absolute atomic E-state index is 0.137. The number of carbonyl (C=O) groups is 2. The van der Waals surface area contributed by atoms with Crippen molar-refractivity contribution in [1.82, 2.24) is 20.2 Å². The molecule has 2 amide bonds. The molecule has 1 aromatic carbocycles. The van der Waals surface area contributed by atoms with E-state index in [4.69, 9.17) is 0 Å². The third-order valence-corrected chi connectivity index (χ3v) is 4.92. The molecule has 1 aliphatic rings. The summed E-state index contributed by atoms with van der Waals surface area (Å²) in [6.45, 7) is 6.38. The molecule has 0 spiro atoms. The van der Waals surface area contributed by atoms with Crippen LogP contribution in [-0.2, 0) is 4.79 Å². The first kappa shape index (κ1) is 17.3. The van der Waals surface area contributed by atoms with E-state index in [9.17, 15) is 14.7 Å². The summed E-state index contributed by atoms with van der Waals surface area (Å²) in [7, 11) is 0. The smallest absolute Gasteiger partial charge is 0.318 e. The number of aromatic amines is 1. The second-order valence-electron chi connectivity index (χ2n) is 7.35. The number of carbonyl (C=O) groups excluding carboxylic acids is 1. The number of hydrogen-bond acceptors (Lipinski definition) is 3. The highest BCUT2D eigenvalue weighted by Crippen LogP contribution is 2.31. The first-order valence-corrected chi connectivity index (χ1v) is 8.53. The van der Waals surface area contributed by atoms with Gasteiger partial charge in [0.2, 0.25) is 0 Å². The largest absolute Gasteiger partial charge is 0.481 e. The lowest BCUT2D eigenvalue weighted by Crippen LogP contribution is -2.43. The number of aliphatic carboxylic acids is 1. The van der Waals surface area contributed by atoms with Crippen LogP contribution < -0.4 is 5.32 Å². The molecule has 0 bridgehead atoms. The quantitative estimate of drug-likeness (QED) is 0.794. The third-order valence-electron chi connectivity index (χ3n) is 4.92. The van der Waals surface area contributed by atoms with E-state index >= 15 is 0 Å². The first-order chi connectivity index (χ1) is 11.8. The summed E-state index contributed by atoms with van der Waals surface area (Å²) in [5.74, 6) is -0.0109. The van der Waals surface area contributed by atoms with E-state index in [-0.39, 0.29) is 24.5 Å². The normalized spacial score (nSPS) is 21.7. The highest BCUT2D eigenvalue weighted by molar-refractivity contribution is 5.80. The van der Waals surface area contributed by atoms with E-state index in [1.54, 1.807) is 11.8 Å². The fraction of sp³-hybridized carbons (Fsp3) is 0.500. The number of nitrogens with one attached hydrogen (secondary N) is 2. The fourth-order valence-corrected chi connectivity index (χ4v) is 3.20. The predicted octanol–water partition coefficient (Wildman–Crippen LogP) is 2.77. The lowest BCUT2D eigenvalue weighted by molar-refractivity contribution is -0.147. The molecule has 2 unspecified atom stereocenters. The molecular weight excluding hydrogens is 320 g/mol. The first-order valence-electron chi connectivity index (χ1n) is 8.53. The van der Waals surface area contributed by atoms with Gasteiger partial charge in [-0.2, -0.15) is 0 Å². The zero-order chi connectivity index (χ0) is 18.2. The summed E-state index contributed by atoms with van der Waals surface area (Å²) in [6, 6.07) is 7.22. The van der Waals surface area contributed by atoms with E-state index in [0.29, 0.717) is 18.8 Å². The molecule has 3 rings (SSSR count). The Morgan fingerprint density at radius 2 is 2.08 bits per heavy atom. The number of hydrogen-bond donors (Lipinski definition) is 3. The molecule has 1 aliphatic heterocycles. The van der Waals surface area contributed by atoms with Crippen LogP contribution in [0.3, 0.4) is 0 Å². The molecule has 134 valence electrons. The van der Waals surface area contributed by atoms with Gasteiger partial charge in [-0.25, -0.2) is 9.78 Å². The topological polar surface area (TPSA) is 98.3 Å². The number of fused-ring (bicyclic) bond motifs is 1. The number of urea groups is 1. The van der Waals surface area contributed by atoms with Crippen LogP contribution in [0.4, 0.5) is 4.79 Å². The summed E-state index contributed by atoms with van der Waals surface area (Å²) in [6.07, 6.45) is 0.465. The highest BCUT2D eigenvalue weighted by atomic mass is 16.4. The molecule has 1 fully saturated rings. The van der Waals surface area contributed by atoms with Crippen molar-refractivity contribution in [2.45, 2.75) is 33.2 Å². The molecular formula is C18H24N4O3. The van der Waals surface area contributed by atoms with Gasteiger partial charge in [0.1, 0.15) is 5.82 Å². The monoisotopic (exact) mass is 344 g/mol. The SMILES string of the molecule is CC(C)C(NC(=O)N1CCC(C)(C(=O)O)C1)c1nc2ccccc2[nH]1. The van der Waals surface area contributed by atoms with Crippen molar-refractivity contribution in [2.75, 3.05) is 13.1 Å². The van der Waals surface area contributed by atoms with Gasteiger partial charge in [-0.15, -0.1) is 0 Å². The number of rotatable bonds is 4. The molecule has 7 nitrogen and oxygen atoms in total. The van der Waals surface area contributed by atoms with Gasteiger partial charge in [0.15, 0.2) is 0 Å². The molecule has 3 N–H and O–H groups in total. The van der Waals surface area contributed by atoms with Gasteiger partial charge in [0, 0.05) is 13.1 Å². The Morgan fingerprint density at radius 1 is 1.36 bits per heavy atom. The number of amides is 2. The Labute approximate surface area is 146 Å². The van der Waals surface area contributed by atoms with Crippen LogP contribution in [0.2, 0.25) is 0 Å². The minimum Gasteiger partial charge on any atom is -0.481 e. The van der Waals surface area contributed by atoms with Gasteiger partial charge in [0.25, 0.3) is 0 Å². The van der Waals surface area contributed by atoms with Crippen LogP contribution in [0.5, 0.6) is 0 Å². The Hall–Kier alpha value is -2.57. The predicted molar refractivity (Wildman–Crippen MR) is 94.1 cm³/mol. The molecule has 7 heteroatoms. The maximum Gasteiger partial charge on any atom is 0.318 e. The van der Waals surface area contributed by atoms with Crippen LogP contribution in [0.15, 0.2) is 24.3 Å². The molecule has 1 saturated heterocycles. The van der Waals surface area contributed by atoms with Gasteiger partial charge in [-0.1, -0.05) is 26.0 Å². The molecule has 0 radical (unpaired) electrons. The van der Waals surface area contributed by atoms with E-state index in [1.165, 1.54) is 0 Å². The summed E-state index contributed by atoms with van der Waals surface area (Å²) in [5, 5.41) is 12.3. The van der Waals surface area contributed by atoms with Crippen LogP contribution in [0.25, 0.3) is 11.0 Å². The van der Waals surface area contributed by atoms with Gasteiger partial charge >= 0.3 is 12.0 Å². The molecule has 1 aromatic heterocycles. The lowest BCUT2D eigenvalue weighted by Gasteiger charge is -2.25. The van der Waals surface area contributed by atoms with Gasteiger partial charge in [0.05, 0.1) is 22.5 Å². The zero-order valence-electron chi connectivity index (χ0n) is 14.7. The second kappa shape index (κ2) is 6.38. The average molecular weight is 344 g/mol. The number of nitrogens with zero attached hydrogens (tertiary/aromatic N) is 2. The molecule has 0 saturated carbocycles. The van der Waals surface area contributed by atoms with Crippen LogP contribution in [-0.4, -0.2) is 45.1 Å².